The van der Waals surface area contributed by atoms with Crippen molar-refractivity contribution in [3.05, 3.63) is 18.2 Å². The van der Waals surface area contributed by atoms with Crippen LogP contribution in [0.15, 0.2) is 18.2 Å². The highest BCUT2D eigenvalue weighted by Crippen LogP contribution is 2.32. The van der Waals surface area contributed by atoms with E-state index < -0.39 is 0 Å². The molecule has 2 amide bonds. The Labute approximate surface area is 155 Å². The minimum atomic E-state index is -0.190. The van der Waals surface area contributed by atoms with Crippen LogP contribution in [-0.2, 0) is 0 Å². The largest absolute Gasteiger partial charge is 0.486 e. The van der Waals surface area contributed by atoms with Gasteiger partial charge in [-0.05, 0) is 24.6 Å². The molecule has 1 aromatic rings. The van der Waals surface area contributed by atoms with Gasteiger partial charge < -0.3 is 29.9 Å². The van der Waals surface area contributed by atoms with Gasteiger partial charge in [0.2, 0.25) is 0 Å². The molecule has 2 N–H and O–H groups in total. The lowest BCUT2D eigenvalue weighted by molar-refractivity contribution is 0.124. The summed E-state index contributed by atoms with van der Waals surface area (Å²) in [7, 11) is 0. The van der Waals surface area contributed by atoms with Gasteiger partial charge in [-0.15, -0.1) is 0 Å². The van der Waals surface area contributed by atoms with Crippen LogP contribution >= 0.6 is 0 Å². The van der Waals surface area contributed by atoms with E-state index in [1.165, 1.54) is 0 Å². The third kappa shape index (κ3) is 5.25. The minimum absolute atomic E-state index is 0.190. The van der Waals surface area contributed by atoms with Gasteiger partial charge in [0.1, 0.15) is 13.2 Å². The van der Waals surface area contributed by atoms with Gasteiger partial charge in [-0.25, -0.2) is 4.79 Å². The van der Waals surface area contributed by atoms with Crippen molar-refractivity contribution in [3.63, 3.8) is 0 Å². The molecule has 2 aliphatic heterocycles. The molecular weight excluding hydrogens is 332 g/mol. The maximum atomic E-state index is 12.1. The topological polar surface area (TPSA) is 66.1 Å². The van der Waals surface area contributed by atoms with E-state index in [0.29, 0.717) is 37.1 Å². The van der Waals surface area contributed by atoms with Crippen molar-refractivity contribution in [2.45, 2.75) is 13.8 Å². The van der Waals surface area contributed by atoms with Crippen molar-refractivity contribution >= 4 is 11.7 Å². The molecule has 2 aliphatic rings. The first kappa shape index (κ1) is 18.8. The number of amides is 2. The lowest BCUT2D eigenvalue weighted by atomic mass is 10.1. The molecule has 3 rings (SSSR count). The standard InChI is InChI=1S/C19H30N4O3/c1-3-22-6-8-23(9-7-22)14-15(2)13-20-19(24)21-16-4-5-17-18(12-16)26-11-10-25-17/h4-5,12,15H,3,6-11,13-14H2,1-2H3,(H2,20,21,24). The number of likely N-dealkylation sites (N-methyl/N-ethyl adjacent to an activating group) is 1. The average molecular weight is 362 g/mol. The van der Waals surface area contributed by atoms with Crippen LogP contribution in [-0.4, -0.2) is 74.9 Å². The van der Waals surface area contributed by atoms with E-state index in [1.54, 1.807) is 6.07 Å². The van der Waals surface area contributed by atoms with Crippen molar-refractivity contribution in [1.29, 1.82) is 0 Å². The maximum absolute atomic E-state index is 12.1. The SMILES string of the molecule is CCN1CCN(CC(C)CNC(=O)Nc2ccc3c(c2)OCCO3)CC1. The number of nitrogens with zero attached hydrogens (tertiary/aromatic N) is 2. The second-order valence-electron chi connectivity index (χ2n) is 7.03. The van der Waals surface area contributed by atoms with Gasteiger partial charge >= 0.3 is 6.03 Å². The van der Waals surface area contributed by atoms with Crippen LogP contribution in [0.4, 0.5) is 10.5 Å². The fourth-order valence-corrected chi connectivity index (χ4v) is 3.36. The summed E-state index contributed by atoms with van der Waals surface area (Å²) in [6, 6.07) is 5.25. The third-order valence-electron chi connectivity index (χ3n) is 4.89. The summed E-state index contributed by atoms with van der Waals surface area (Å²) in [5.74, 6) is 1.81. The zero-order chi connectivity index (χ0) is 18.4. The average Bonchev–Trinajstić information content (AvgIpc) is 2.67. The Balaban J connectivity index is 1.38. The van der Waals surface area contributed by atoms with Gasteiger partial charge in [-0.1, -0.05) is 13.8 Å². The number of piperazine rings is 1. The molecule has 0 saturated carbocycles. The van der Waals surface area contributed by atoms with E-state index in [0.717, 1.165) is 45.0 Å². The smallest absolute Gasteiger partial charge is 0.319 e. The first-order valence-corrected chi connectivity index (χ1v) is 9.53. The van der Waals surface area contributed by atoms with Crippen LogP contribution in [0.1, 0.15) is 13.8 Å². The fourth-order valence-electron chi connectivity index (χ4n) is 3.36. The molecule has 0 aromatic heterocycles. The van der Waals surface area contributed by atoms with Gasteiger partial charge in [0.05, 0.1) is 0 Å². The Morgan fingerprint density at radius 2 is 1.81 bits per heavy atom. The predicted octanol–water partition coefficient (Wildman–Crippen LogP) is 1.85. The lowest BCUT2D eigenvalue weighted by Crippen LogP contribution is -2.48. The molecule has 0 radical (unpaired) electrons. The summed E-state index contributed by atoms with van der Waals surface area (Å²) >= 11 is 0. The summed E-state index contributed by atoms with van der Waals surface area (Å²) in [5.41, 5.74) is 0.704. The summed E-state index contributed by atoms with van der Waals surface area (Å²) in [6.45, 7) is 12.8. The number of benzene rings is 1. The van der Waals surface area contributed by atoms with Gasteiger partial charge in [-0.3, -0.25) is 0 Å². The van der Waals surface area contributed by atoms with Crippen LogP contribution in [0, 0.1) is 5.92 Å². The molecule has 0 spiro atoms. The number of carbonyl (C=O) groups is 1. The van der Waals surface area contributed by atoms with E-state index in [2.05, 4.69) is 34.3 Å². The van der Waals surface area contributed by atoms with Crippen LogP contribution < -0.4 is 20.1 Å². The van der Waals surface area contributed by atoms with Crippen molar-refractivity contribution in [2.24, 2.45) is 5.92 Å². The van der Waals surface area contributed by atoms with E-state index >= 15 is 0 Å². The second kappa shape index (κ2) is 9.09. The van der Waals surface area contributed by atoms with Gasteiger partial charge in [-0.2, -0.15) is 0 Å². The van der Waals surface area contributed by atoms with Gasteiger partial charge in [0.15, 0.2) is 11.5 Å². The number of hydrogen-bond donors (Lipinski definition) is 2. The number of hydrogen-bond acceptors (Lipinski definition) is 5. The van der Waals surface area contributed by atoms with E-state index in [9.17, 15) is 4.79 Å². The van der Waals surface area contributed by atoms with E-state index in [-0.39, 0.29) is 6.03 Å². The molecule has 2 heterocycles. The number of nitrogens with one attached hydrogen (secondary N) is 2. The molecule has 1 atom stereocenters. The molecule has 1 unspecified atom stereocenters. The molecule has 1 saturated heterocycles. The quantitative estimate of drug-likeness (QED) is 0.809. The molecule has 0 bridgehead atoms. The molecular formula is C19H30N4O3. The predicted molar refractivity (Wildman–Crippen MR) is 102 cm³/mol. The van der Waals surface area contributed by atoms with E-state index in [1.807, 2.05) is 12.1 Å². The number of urea groups is 1. The van der Waals surface area contributed by atoms with Gasteiger partial charge in [0, 0.05) is 51.0 Å². The third-order valence-corrected chi connectivity index (χ3v) is 4.89. The number of carbonyl (C=O) groups excluding carboxylic acids is 1. The van der Waals surface area contributed by atoms with Crippen LogP contribution in [0.5, 0.6) is 11.5 Å². The molecule has 1 fully saturated rings. The molecule has 1 aromatic carbocycles. The highest BCUT2D eigenvalue weighted by Gasteiger charge is 2.18. The molecule has 0 aliphatic carbocycles. The van der Waals surface area contributed by atoms with Crippen molar-refractivity contribution in [2.75, 3.05) is 64.3 Å². The summed E-state index contributed by atoms with van der Waals surface area (Å²) < 4.78 is 11.0. The maximum Gasteiger partial charge on any atom is 0.319 e. The first-order valence-electron chi connectivity index (χ1n) is 9.53. The van der Waals surface area contributed by atoms with Gasteiger partial charge in [0.25, 0.3) is 0 Å². The monoisotopic (exact) mass is 362 g/mol. The van der Waals surface area contributed by atoms with Crippen molar-refractivity contribution in [1.82, 2.24) is 15.1 Å². The lowest BCUT2D eigenvalue weighted by Gasteiger charge is -2.35. The molecule has 26 heavy (non-hydrogen) atoms. The number of rotatable bonds is 6. The minimum Gasteiger partial charge on any atom is -0.486 e. The Kier molecular flexibility index (Phi) is 6.57. The summed E-state index contributed by atoms with van der Waals surface area (Å²) in [4.78, 5) is 17.1. The summed E-state index contributed by atoms with van der Waals surface area (Å²) in [6.07, 6.45) is 0. The molecule has 7 nitrogen and oxygen atoms in total. The highest BCUT2D eigenvalue weighted by atomic mass is 16.6. The van der Waals surface area contributed by atoms with Crippen LogP contribution in [0.3, 0.4) is 0 Å². The molecule has 7 heteroatoms. The van der Waals surface area contributed by atoms with E-state index in [4.69, 9.17) is 9.47 Å². The fraction of sp³-hybridized carbons (Fsp3) is 0.632. The molecule has 144 valence electrons. The zero-order valence-electron chi connectivity index (χ0n) is 15.8. The Bertz CT molecular complexity index is 602. The van der Waals surface area contributed by atoms with Crippen molar-refractivity contribution in [3.8, 4) is 11.5 Å². The van der Waals surface area contributed by atoms with Crippen LogP contribution in [0.25, 0.3) is 0 Å². The zero-order valence-corrected chi connectivity index (χ0v) is 15.8. The Morgan fingerprint density at radius 3 is 2.54 bits per heavy atom. The number of fused-ring (bicyclic) bond motifs is 1. The normalized spacial score (nSPS) is 19.0. The van der Waals surface area contributed by atoms with Crippen LogP contribution in [0.2, 0.25) is 0 Å². The first-order chi connectivity index (χ1) is 12.6. The Morgan fingerprint density at radius 1 is 1.12 bits per heavy atom. The van der Waals surface area contributed by atoms with Crippen molar-refractivity contribution < 1.29 is 14.3 Å². The highest BCUT2D eigenvalue weighted by molar-refractivity contribution is 5.89. The second-order valence-corrected chi connectivity index (χ2v) is 7.03. The summed E-state index contributed by atoms with van der Waals surface area (Å²) in [5, 5.41) is 5.82. The number of ether oxygens (including phenoxy) is 2. The number of anilines is 1. The Hall–Kier alpha value is -1.99.